The molecule has 1 aliphatic heterocycles. The summed E-state index contributed by atoms with van der Waals surface area (Å²) in [5, 5.41) is 3.90. The number of carbonyl (C=O) groups excluding carboxylic acids is 1. The Bertz CT molecular complexity index is 1240. The van der Waals surface area contributed by atoms with E-state index < -0.39 is 0 Å². The first-order valence-electron chi connectivity index (χ1n) is 10.9. The number of aryl methyl sites for hydroxylation is 1. The highest BCUT2D eigenvalue weighted by molar-refractivity contribution is 6.13. The highest BCUT2D eigenvalue weighted by atomic mass is 16.5. The zero-order chi connectivity index (χ0) is 21.9. The molecule has 1 fully saturated rings. The van der Waals surface area contributed by atoms with Crippen LogP contribution in [0.1, 0.15) is 15.9 Å². The predicted octanol–water partition coefficient (Wildman–Crippen LogP) is 5.30. The number of para-hydroxylation sites is 1. The summed E-state index contributed by atoms with van der Waals surface area (Å²) < 4.78 is 5.43. The highest BCUT2D eigenvalue weighted by Gasteiger charge is 2.15. The van der Waals surface area contributed by atoms with E-state index in [0.717, 1.165) is 59.8 Å². The van der Waals surface area contributed by atoms with Gasteiger partial charge in [-0.3, -0.25) is 4.79 Å². The summed E-state index contributed by atoms with van der Waals surface area (Å²) in [6.07, 6.45) is 0. The topological polar surface area (TPSA) is 54.5 Å². The third-order valence-corrected chi connectivity index (χ3v) is 5.81. The summed E-state index contributed by atoms with van der Waals surface area (Å²) in [5.74, 6) is -0.143. The second-order valence-electron chi connectivity index (χ2n) is 8.04. The van der Waals surface area contributed by atoms with Crippen LogP contribution in [-0.4, -0.2) is 37.2 Å². The molecule has 1 N–H and O–H groups in total. The Balaban J connectivity index is 1.44. The number of benzene rings is 3. The zero-order valence-corrected chi connectivity index (χ0v) is 18.0. The lowest BCUT2D eigenvalue weighted by molar-refractivity contribution is 0.102. The molecule has 4 aromatic rings. The van der Waals surface area contributed by atoms with Crippen molar-refractivity contribution in [1.29, 1.82) is 0 Å². The van der Waals surface area contributed by atoms with Crippen molar-refractivity contribution >= 4 is 28.2 Å². The number of pyridine rings is 1. The average Bonchev–Trinajstić information content (AvgIpc) is 2.85. The molecule has 160 valence electrons. The molecule has 1 aromatic heterocycles. The number of hydrogen-bond acceptors (Lipinski definition) is 4. The first-order valence-corrected chi connectivity index (χ1v) is 10.9. The van der Waals surface area contributed by atoms with Crippen molar-refractivity contribution in [2.75, 3.05) is 36.5 Å². The normalized spacial score (nSPS) is 13.8. The highest BCUT2D eigenvalue weighted by Crippen LogP contribution is 2.26. The summed E-state index contributed by atoms with van der Waals surface area (Å²) in [5.41, 5.74) is 6.30. The first kappa shape index (κ1) is 20.2. The second-order valence-corrected chi connectivity index (χ2v) is 8.04. The molecule has 3 aromatic carbocycles. The molecule has 5 heteroatoms. The number of carbonyl (C=O) groups is 1. The summed E-state index contributed by atoms with van der Waals surface area (Å²) in [4.78, 5) is 20.4. The molecule has 0 aliphatic carbocycles. The Morgan fingerprint density at radius 1 is 0.938 bits per heavy atom. The number of fused-ring (bicyclic) bond motifs is 1. The van der Waals surface area contributed by atoms with Crippen LogP contribution in [0.2, 0.25) is 0 Å². The van der Waals surface area contributed by atoms with E-state index in [1.54, 1.807) is 0 Å². The molecule has 5 rings (SSSR count). The van der Waals surface area contributed by atoms with Crippen LogP contribution in [0.4, 0.5) is 11.4 Å². The van der Waals surface area contributed by atoms with Gasteiger partial charge >= 0.3 is 0 Å². The maximum Gasteiger partial charge on any atom is 0.256 e. The van der Waals surface area contributed by atoms with Crippen molar-refractivity contribution in [3.63, 3.8) is 0 Å². The summed E-state index contributed by atoms with van der Waals surface area (Å²) in [6, 6.07) is 25.8. The fourth-order valence-corrected chi connectivity index (χ4v) is 4.01. The smallest absolute Gasteiger partial charge is 0.256 e. The number of morpholine rings is 1. The Labute approximate surface area is 187 Å². The lowest BCUT2D eigenvalue weighted by atomic mass is 10.0. The molecule has 0 saturated carbocycles. The van der Waals surface area contributed by atoms with Gasteiger partial charge in [-0.1, -0.05) is 48.0 Å². The van der Waals surface area contributed by atoms with Crippen molar-refractivity contribution < 1.29 is 9.53 Å². The molecule has 1 amide bonds. The monoisotopic (exact) mass is 423 g/mol. The van der Waals surface area contributed by atoms with Gasteiger partial charge in [0.05, 0.1) is 30.0 Å². The van der Waals surface area contributed by atoms with Gasteiger partial charge in [0.2, 0.25) is 0 Å². The van der Waals surface area contributed by atoms with E-state index in [0.29, 0.717) is 5.56 Å². The number of ether oxygens (including phenoxy) is 1. The number of nitrogens with one attached hydrogen (secondary N) is 1. The molecule has 0 spiro atoms. The van der Waals surface area contributed by atoms with Crippen LogP contribution in [0.15, 0.2) is 78.9 Å². The van der Waals surface area contributed by atoms with Crippen LogP contribution < -0.4 is 10.2 Å². The quantitative estimate of drug-likeness (QED) is 0.484. The standard InChI is InChI=1S/C27H25N3O2/c1-19-6-8-20(9-7-19)26-18-24(23-4-2-3-5-25(23)29-26)27(31)28-21-10-12-22(13-11-21)30-14-16-32-17-15-30/h2-13,18H,14-17H2,1H3,(H,28,31). The molecule has 0 unspecified atom stereocenters. The number of amides is 1. The Kier molecular flexibility index (Phi) is 5.57. The number of nitrogens with zero attached hydrogens (tertiary/aromatic N) is 2. The van der Waals surface area contributed by atoms with Crippen LogP contribution in [0, 0.1) is 6.92 Å². The predicted molar refractivity (Wildman–Crippen MR) is 129 cm³/mol. The minimum Gasteiger partial charge on any atom is -0.378 e. The average molecular weight is 424 g/mol. The lowest BCUT2D eigenvalue weighted by Gasteiger charge is -2.28. The van der Waals surface area contributed by atoms with Crippen LogP contribution in [0.25, 0.3) is 22.2 Å². The number of rotatable bonds is 4. The largest absolute Gasteiger partial charge is 0.378 e. The van der Waals surface area contributed by atoms with E-state index in [1.165, 1.54) is 5.56 Å². The van der Waals surface area contributed by atoms with Crippen molar-refractivity contribution in [3.05, 3.63) is 90.0 Å². The minimum absolute atomic E-state index is 0.143. The molecule has 2 heterocycles. The van der Waals surface area contributed by atoms with E-state index in [1.807, 2.05) is 66.7 Å². The van der Waals surface area contributed by atoms with Gasteiger partial charge < -0.3 is 15.0 Å². The SMILES string of the molecule is Cc1ccc(-c2cc(C(=O)Nc3ccc(N4CCOCC4)cc3)c3ccccc3n2)cc1. The number of aromatic nitrogens is 1. The van der Waals surface area contributed by atoms with Crippen LogP contribution in [0.3, 0.4) is 0 Å². The van der Waals surface area contributed by atoms with E-state index in [4.69, 9.17) is 9.72 Å². The summed E-state index contributed by atoms with van der Waals surface area (Å²) >= 11 is 0. The van der Waals surface area contributed by atoms with Crippen LogP contribution in [0.5, 0.6) is 0 Å². The lowest BCUT2D eigenvalue weighted by Crippen LogP contribution is -2.36. The zero-order valence-electron chi connectivity index (χ0n) is 18.0. The van der Waals surface area contributed by atoms with Gasteiger partial charge in [0.1, 0.15) is 0 Å². The Morgan fingerprint density at radius 2 is 1.66 bits per heavy atom. The molecule has 5 nitrogen and oxygen atoms in total. The molecular weight excluding hydrogens is 398 g/mol. The molecule has 1 aliphatic rings. The van der Waals surface area contributed by atoms with Crippen LogP contribution >= 0.6 is 0 Å². The molecule has 0 bridgehead atoms. The van der Waals surface area contributed by atoms with Crippen molar-refractivity contribution in [2.24, 2.45) is 0 Å². The van der Waals surface area contributed by atoms with Crippen LogP contribution in [-0.2, 0) is 4.74 Å². The van der Waals surface area contributed by atoms with Crippen molar-refractivity contribution in [1.82, 2.24) is 4.98 Å². The van der Waals surface area contributed by atoms with E-state index in [-0.39, 0.29) is 5.91 Å². The van der Waals surface area contributed by atoms with E-state index in [9.17, 15) is 4.79 Å². The van der Waals surface area contributed by atoms with E-state index in [2.05, 4.69) is 29.3 Å². The van der Waals surface area contributed by atoms with E-state index >= 15 is 0 Å². The minimum atomic E-state index is -0.143. The van der Waals surface area contributed by atoms with Gasteiger partial charge in [0.15, 0.2) is 0 Å². The Hall–Kier alpha value is -3.70. The third-order valence-electron chi connectivity index (χ3n) is 5.81. The van der Waals surface area contributed by atoms with Crippen molar-refractivity contribution in [2.45, 2.75) is 6.92 Å². The van der Waals surface area contributed by atoms with Gasteiger partial charge in [0, 0.05) is 35.4 Å². The molecule has 0 radical (unpaired) electrons. The number of hydrogen-bond donors (Lipinski definition) is 1. The van der Waals surface area contributed by atoms with Gasteiger partial charge in [0.25, 0.3) is 5.91 Å². The Morgan fingerprint density at radius 3 is 2.41 bits per heavy atom. The number of anilines is 2. The molecular formula is C27H25N3O2. The second kappa shape index (κ2) is 8.81. The van der Waals surface area contributed by atoms with Gasteiger partial charge in [-0.05, 0) is 43.3 Å². The van der Waals surface area contributed by atoms with Gasteiger partial charge in [-0.2, -0.15) is 0 Å². The first-order chi connectivity index (χ1) is 15.7. The fourth-order valence-electron chi connectivity index (χ4n) is 4.01. The molecule has 0 atom stereocenters. The maximum atomic E-state index is 13.3. The maximum absolute atomic E-state index is 13.3. The summed E-state index contributed by atoms with van der Waals surface area (Å²) in [7, 11) is 0. The van der Waals surface area contributed by atoms with Gasteiger partial charge in [-0.15, -0.1) is 0 Å². The third kappa shape index (κ3) is 4.20. The van der Waals surface area contributed by atoms with Crippen molar-refractivity contribution in [3.8, 4) is 11.3 Å². The van der Waals surface area contributed by atoms with Gasteiger partial charge in [-0.25, -0.2) is 4.98 Å². The molecule has 32 heavy (non-hydrogen) atoms. The fraction of sp³-hybridized carbons (Fsp3) is 0.185. The summed E-state index contributed by atoms with van der Waals surface area (Å²) in [6.45, 7) is 5.32. The molecule has 1 saturated heterocycles.